The SMILES string of the molecule is CCOCCOCCOCCOCCOCCOCCOCCOCCOCCOCCOC(=O)CCCCC(=O)O. The molecule has 0 unspecified atom stereocenters. The van der Waals surface area contributed by atoms with Crippen molar-refractivity contribution >= 4 is 11.9 Å². The zero-order valence-corrected chi connectivity index (χ0v) is 25.4. The van der Waals surface area contributed by atoms with E-state index in [0.29, 0.717) is 138 Å². The van der Waals surface area contributed by atoms with E-state index < -0.39 is 5.97 Å². The molecule has 0 rings (SSSR count). The number of unbranched alkanes of at least 4 members (excludes halogenated alkanes) is 1. The number of hydrogen-bond donors (Lipinski definition) is 1. The second kappa shape index (κ2) is 35.7. The third-order valence-corrected chi connectivity index (χ3v) is 5.06. The lowest BCUT2D eigenvalue weighted by Crippen LogP contribution is -2.15. The Balaban J connectivity index is 3.09. The predicted molar refractivity (Wildman–Crippen MR) is 151 cm³/mol. The maximum absolute atomic E-state index is 11.5. The molecule has 14 nitrogen and oxygen atoms in total. The lowest BCUT2D eigenvalue weighted by Gasteiger charge is -2.09. The second-order valence-electron chi connectivity index (χ2n) is 8.53. The van der Waals surface area contributed by atoms with Crippen molar-refractivity contribution in [1.82, 2.24) is 0 Å². The quantitative estimate of drug-likeness (QED) is 0.0797. The van der Waals surface area contributed by atoms with E-state index in [4.69, 9.17) is 57.2 Å². The van der Waals surface area contributed by atoms with Crippen molar-refractivity contribution in [2.24, 2.45) is 0 Å². The first-order chi connectivity index (χ1) is 20.7. The van der Waals surface area contributed by atoms with Crippen LogP contribution in [0.5, 0.6) is 0 Å². The monoisotopic (exact) mass is 614 g/mol. The largest absolute Gasteiger partial charge is 0.481 e. The van der Waals surface area contributed by atoms with E-state index >= 15 is 0 Å². The van der Waals surface area contributed by atoms with Crippen LogP contribution in [0, 0.1) is 0 Å². The minimum Gasteiger partial charge on any atom is -0.481 e. The van der Waals surface area contributed by atoms with Crippen molar-refractivity contribution in [3.05, 3.63) is 0 Å². The van der Waals surface area contributed by atoms with Gasteiger partial charge in [0.05, 0.1) is 126 Å². The van der Waals surface area contributed by atoms with Gasteiger partial charge in [-0.3, -0.25) is 9.59 Å². The van der Waals surface area contributed by atoms with Gasteiger partial charge in [0.2, 0.25) is 0 Å². The number of ether oxygens (including phenoxy) is 11. The molecule has 0 aliphatic heterocycles. The van der Waals surface area contributed by atoms with Crippen LogP contribution in [-0.4, -0.2) is 156 Å². The van der Waals surface area contributed by atoms with Gasteiger partial charge in [-0.25, -0.2) is 0 Å². The van der Waals surface area contributed by atoms with Crippen molar-refractivity contribution < 1.29 is 66.8 Å². The summed E-state index contributed by atoms with van der Waals surface area (Å²) in [6, 6.07) is 0. The van der Waals surface area contributed by atoms with E-state index in [2.05, 4.69) is 0 Å². The first-order valence-corrected chi connectivity index (χ1v) is 14.8. The van der Waals surface area contributed by atoms with Crippen molar-refractivity contribution in [3.8, 4) is 0 Å². The van der Waals surface area contributed by atoms with Crippen molar-refractivity contribution in [3.63, 3.8) is 0 Å². The van der Waals surface area contributed by atoms with E-state index in [1.807, 2.05) is 6.92 Å². The lowest BCUT2D eigenvalue weighted by atomic mass is 10.2. The summed E-state index contributed by atoms with van der Waals surface area (Å²) in [6.07, 6.45) is 1.24. The molecular formula is C28H54O14. The molecule has 0 atom stereocenters. The maximum atomic E-state index is 11.5. The van der Waals surface area contributed by atoms with Crippen molar-refractivity contribution in [1.29, 1.82) is 0 Å². The molecule has 14 heteroatoms. The van der Waals surface area contributed by atoms with Gasteiger partial charge >= 0.3 is 11.9 Å². The topological polar surface area (TPSA) is 156 Å². The molecule has 0 spiro atoms. The average Bonchev–Trinajstić information content (AvgIpc) is 2.98. The number of hydrogen-bond acceptors (Lipinski definition) is 13. The number of carbonyl (C=O) groups is 2. The fourth-order valence-electron chi connectivity index (χ4n) is 2.96. The number of carbonyl (C=O) groups excluding carboxylic acids is 1. The van der Waals surface area contributed by atoms with Gasteiger partial charge in [-0.1, -0.05) is 0 Å². The Morgan fingerprint density at radius 2 is 0.667 bits per heavy atom. The minimum atomic E-state index is -0.862. The molecule has 0 saturated carbocycles. The molecular weight excluding hydrogens is 560 g/mol. The third kappa shape index (κ3) is 36.6. The van der Waals surface area contributed by atoms with E-state index in [9.17, 15) is 9.59 Å². The molecule has 0 aliphatic carbocycles. The Kier molecular flexibility index (Phi) is 34.5. The fourth-order valence-corrected chi connectivity index (χ4v) is 2.96. The Morgan fingerprint density at radius 1 is 0.405 bits per heavy atom. The highest BCUT2D eigenvalue weighted by molar-refractivity contribution is 5.69. The van der Waals surface area contributed by atoms with Gasteiger partial charge in [0.25, 0.3) is 0 Å². The molecule has 0 saturated heterocycles. The van der Waals surface area contributed by atoms with Crippen molar-refractivity contribution in [2.75, 3.05) is 139 Å². The summed E-state index contributed by atoms with van der Waals surface area (Å²) >= 11 is 0. The molecule has 0 aliphatic rings. The van der Waals surface area contributed by atoms with Crippen LogP contribution in [0.25, 0.3) is 0 Å². The summed E-state index contributed by atoms with van der Waals surface area (Å²) in [5.74, 6) is -1.21. The van der Waals surface area contributed by atoms with Gasteiger partial charge < -0.3 is 57.2 Å². The number of rotatable bonds is 36. The summed E-state index contributed by atoms with van der Waals surface area (Å²) in [7, 11) is 0. The molecule has 0 radical (unpaired) electrons. The molecule has 0 aromatic carbocycles. The Bertz CT molecular complexity index is 567. The van der Waals surface area contributed by atoms with Crippen LogP contribution in [-0.2, 0) is 61.7 Å². The fraction of sp³-hybridized carbons (Fsp3) is 0.929. The van der Waals surface area contributed by atoms with Gasteiger partial charge in [0.15, 0.2) is 0 Å². The lowest BCUT2D eigenvalue weighted by molar-refractivity contribution is -0.146. The number of aliphatic carboxylic acids is 1. The zero-order chi connectivity index (χ0) is 30.6. The molecule has 1 N–H and O–H groups in total. The third-order valence-electron chi connectivity index (χ3n) is 5.06. The summed E-state index contributed by atoms with van der Waals surface area (Å²) < 4.78 is 58.8. The Hall–Kier alpha value is -1.46. The molecule has 0 bridgehead atoms. The number of carboxylic acids is 1. The standard InChI is InChI=1S/C28H54O14/c1-2-32-7-8-33-9-10-34-11-12-35-13-14-36-15-16-37-17-18-38-19-20-39-21-22-40-23-24-41-25-26-42-28(31)6-4-3-5-27(29)30/h2-26H2,1H3,(H,29,30). The van der Waals surface area contributed by atoms with Crippen molar-refractivity contribution in [2.45, 2.75) is 32.6 Å². The smallest absolute Gasteiger partial charge is 0.305 e. The normalized spacial score (nSPS) is 11.3. The second-order valence-corrected chi connectivity index (χ2v) is 8.53. The van der Waals surface area contributed by atoms with Gasteiger partial charge in [0, 0.05) is 19.4 Å². The molecule has 250 valence electrons. The first kappa shape index (κ1) is 40.5. The summed E-state index contributed by atoms with van der Waals surface area (Å²) in [4.78, 5) is 21.8. The Labute approximate surface area is 250 Å². The molecule has 0 amide bonds. The predicted octanol–water partition coefficient (Wildman–Crippen LogP) is 1.36. The van der Waals surface area contributed by atoms with Crippen LogP contribution in [0.3, 0.4) is 0 Å². The summed E-state index contributed by atoms with van der Waals surface area (Å²) in [6.45, 7) is 12.1. The average molecular weight is 615 g/mol. The first-order valence-electron chi connectivity index (χ1n) is 14.8. The van der Waals surface area contributed by atoms with E-state index in [1.165, 1.54) is 0 Å². The van der Waals surface area contributed by atoms with E-state index in [-0.39, 0.29) is 32.0 Å². The van der Waals surface area contributed by atoms with Crippen LogP contribution in [0.1, 0.15) is 32.6 Å². The van der Waals surface area contributed by atoms with Crippen LogP contribution >= 0.6 is 0 Å². The van der Waals surface area contributed by atoms with Gasteiger partial charge in [-0.05, 0) is 19.8 Å². The molecule has 0 aromatic rings. The highest BCUT2D eigenvalue weighted by Crippen LogP contribution is 2.01. The van der Waals surface area contributed by atoms with Crippen LogP contribution in [0.2, 0.25) is 0 Å². The van der Waals surface area contributed by atoms with E-state index in [0.717, 1.165) is 0 Å². The highest BCUT2D eigenvalue weighted by Gasteiger charge is 2.04. The van der Waals surface area contributed by atoms with Crippen LogP contribution in [0.15, 0.2) is 0 Å². The maximum Gasteiger partial charge on any atom is 0.305 e. The summed E-state index contributed by atoms with van der Waals surface area (Å²) in [5, 5.41) is 8.53. The zero-order valence-electron chi connectivity index (χ0n) is 25.4. The van der Waals surface area contributed by atoms with Gasteiger partial charge in [0.1, 0.15) is 6.61 Å². The molecule has 0 aromatic heterocycles. The molecule has 42 heavy (non-hydrogen) atoms. The van der Waals surface area contributed by atoms with Gasteiger partial charge in [-0.15, -0.1) is 0 Å². The Morgan fingerprint density at radius 3 is 0.952 bits per heavy atom. The number of esters is 1. The molecule has 0 fully saturated rings. The van der Waals surface area contributed by atoms with Gasteiger partial charge in [-0.2, -0.15) is 0 Å². The minimum absolute atomic E-state index is 0.0619. The highest BCUT2D eigenvalue weighted by atomic mass is 16.6. The van der Waals surface area contributed by atoms with Crippen LogP contribution in [0.4, 0.5) is 0 Å². The van der Waals surface area contributed by atoms with Crippen LogP contribution < -0.4 is 0 Å². The molecule has 0 heterocycles. The summed E-state index contributed by atoms with van der Waals surface area (Å²) in [5.41, 5.74) is 0. The van der Waals surface area contributed by atoms with E-state index in [1.54, 1.807) is 0 Å². The number of carboxylic acid groups (broad SMARTS) is 1.